The van der Waals surface area contributed by atoms with E-state index in [1.54, 1.807) is 7.11 Å². The number of amides is 1. The van der Waals surface area contributed by atoms with E-state index < -0.39 is 0 Å². The quantitative estimate of drug-likeness (QED) is 0.917. The minimum Gasteiger partial charge on any atom is -0.497 e. The highest BCUT2D eigenvalue weighted by molar-refractivity contribution is 9.10. The van der Waals surface area contributed by atoms with Gasteiger partial charge in [0.2, 0.25) is 5.91 Å². The van der Waals surface area contributed by atoms with Crippen LogP contribution in [0.5, 0.6) is 5.75 Å². The third-order valence-electron chi connectivity index (χ3n) is 2.76. The molecule has 0 bridgehead atoms. The van der Waals surface area contributed by atoms with Crippen molar-refractivity contribution in [2.45, 2.75) is 6.54 Å². The molecule has 1 heterocycles. The van der Waals surface area contributed by atoms with Crippen LogP contribution in [0.15, 0.2) is 22.7 Å². The number of halogens is 1. The summed E-state index contributed by atoms with van der Waals surface area (Å²) in [4.78, 5) is 13.4. The molecule has 4 nitrogen and oxygen atoms in total. The number of benzene rings is 1. The van der Waals surface area contributed by atoms with Gasteiger partial charge in [-0.25, -0.2) is 0 Å². The molecule has 17 heavy (non-hydrogen) atoms. The Hall–Kier alpha value is -1.07. The first-order chi connectivity index (χ1) is 8.19. The second-order valence-corrected chi connectivity index (χ2v) is 4.87. The number of nitrogens with one attached hydrogen (secondary N) is 1. The fraction of sp³-hybridized carbons (Fsp3) is 0.417. The molecule has 1 aromatic rings. The van der Waals surface area contributed by atoms with Crippen LogP contribution in [0.2, 0.25) is 0 Å². The fourth-order valence-electron chi connectivity index (χ4n) is 1.87. The molecule has 1 aliphatic heterocycles. The van der Waals surface area contributed by atoms with Gasteiger partial charge in [0.1, 0.15) is 5.75 Å². The van der Waals surface area contributed by atoms with Crippen molar-refractivity contribution in [3.8, 4) is 5.75 Å². The average molecular weight is 299 g/mol. The fourth-order valence-corrected chi connectivity index (χ4v) is 2.24. The van der Waals surface area contributed by atoms with E-state index in [2.05, 4.69) is 26.1 Å². The largest absolute Gasteiger partial charge is 0.497 e. The maximum absolute atomic E-state index is 11.3. The molecule has 1 amide bonds. The molecule has 0 aliphatic carbocycles. The zero-order chi connectivity index (χ0) is 12.3. The molecule has 0 atom stereocenters. The Balaban J connectivity index is 2.09. The maximum Gasteiger partial charge on any atom is 0.234 e. The van der Waals surface area contributed by atoms with Crippen molar-refractivity contribution in [2.24, 2.45) is 0 Å². The van der Waals surface area contributed by atoms with Crippen LogP contribution < -0.4 is 10.1 Å². The highest BCUT2D eigenvalue weighted by Gasteiger charge is 2.17. The molecule has 0 aromatic heterocycles. The molecule has 5 heteroatoms. The number of rotatable bonds is 3. The molecule has 1 aromatic carbocycles. The van der Waals surface area contributed by atoms with Crippen molar-refractivity contribution in [1.82, 2.24) is 10.2 Å². The molecule has 0 unspecified atom stereocenters. The number of hydrogen-bond acceptors (Lipinski definition) is 3. The van der Waals surface area contributed by atoms with Gasteiger partial charge >= 0.3 is 0 Å². The van der Waals surface area contributed by atoms with Crippen LogP contribution in [-0.2, 0) is 11.3 Å². The van der Waals surface area contributed by atoms with Crippen molar-refractivity contribution in [2.75, 3.05) is 26.7 Å². The van der Waals surface area contributed by atoms with E-state index in [1.165, 1.54) is 0 Å². The molecule has 0 radical (unpaired) electrons. The third-order valence-corrected chi connectivity index (χ3v) is 3.54. The zero-order valence-corrected chi connectivity index (χ0v) is 11.3. The minimum absolute atomic E-state index is 0.0928. The zero-order valence-electron chi connectivity index (χ0n) is 9.70. The van der Waals surface area contributed by atoms with Crippen molar-refractivity contribution in [1.29, 1.82) is 0 Å². The second kappa shape index (κ2) is 5.51. The Morgan fingerprint density at radius 2 is 2.35 bits per heavy atom. The molecule has 0 saturated carbocycles. The van der Waals surface area contributed by atoms with E-state index >= 15 is 0 Å². The molecule has 1 aliphatic rings. The Morgan fingerprint density at radius 1 is 1.53 bits per heavy atom. The lowest BCUT2D eigenvalue weighted by molar-refractivity contribution is -0.124. The Labute approximate surface area is 109 Å². The number of hydrogen-bond donors (Lipinski definition) is 1. The van der Waals surface area contributed by atoms with Gasteiger partial charge in [-0.05, 0) is 23.8 Å². The predicted octanol–water partition coefficient (Wildman–Crippen LogP) is 1.39. The van der Waals surface area contributed by atoms with Crippen LogP contribution in [-0.4, -0.2) is 37.6 Å². The molecule has 0 spiro atoms. The van der Waals surface area contributed by atoms with E-state index in [0.29, 0.717) is 6.54 Å². The summed E-state index contributed by atoms with van der Waals surface area (Å²) in [5, 5.41) is 2.82. The molecule has 1 fully saturated rings. The highest BCUT2D eigenvalue weighted by Crippen LogP contribution is 2.23. The van der Waals surface area contributed by atoms with Gasteiger partial charge in [0.25, 0.3) is 0 Å². The standard InChI is InChI=1S/C12H15BrN2O2/c1-17-10-2-3-11(13)9(6-10)7-15-5-4-14-12(16)8-15/h2-3,6H,4-5,7-8H2,1H3,(H,14,16). The van der Waals surface area contributed by atoms with Gasteiger partial charge in [0.15, 0.2) is 0 Å². The first kappa shape index (κ1) is 12.4. The summed E-state index contributed by atoms with van der Waals surface area (Å²) in [6.45, 7) is 2.82. The highest BCUT2D eigenvalue weighted by atomic mass is 79.9. The lowest BCUT2D eigenvalue weighted by Gasteiger charge is -2.26. The van der Waals surface area contributed by atoms with Gasteiger partial charge in [0.05, 0.1) is 13.7 Å². The van der Waals surface area contributed by atoms with Crippen molar-refractivity contribution >= 4 is 21.8 Å². The normalized spacial score (nSPS) is 16.7. The van der Waals surface area contributed by atoms with Crippen LogP contribution in [0, 0.1) is 0 Å². The summed E-state index contributed by atoms with van der Waals surface area (Å²) < 4.78 is 6.25. The van der Waals surface area contributed by atoms with Crippen molar-refractivity contribution in [3.63, 3.8) is 0 Å². The molecule has 1 saturated heterocycles. The topological polar surface area (TPSA) is 41.6 Å². The number of nitrogens with zero attached hydrogens (tertiary/aromatic N) is 1. The SMILES string of the molecule is COc1ccc(Br)c(CN2CCNC(=O)C2)c1. The monoisotopic (exact) mass is 298 g/mol. The van der Waals surface area contributed by atoms with Gasteiger partial charge in [-0.1, -0.05) is 15.9 Å². The lowest BCUT2D eigenvalue weighted by Crippen LogP contribution is -2.47. The number of carbonyl (C=O) groups is 1. The average Bonchev–Trinajstić information content (AvgIpc) is 2.32. The van der Waals surface area contributed by atoms with Crippen molar-refractivity contribution in [3.05, 3.63) is 28.2 Å². The van der Waals surface area contributed by atoms with E-state index in [-0.39, 0.29) is 5.91 Å². The van der Waals surface area contributed by atoms with Crippen LogP contribution in [0.1, 0.15) is 5.56 Å². The molecular formula is C12H15BrN2O2. The minimum atomic E-state index is 0.0928. The van der Waals surface area contributed by atoms with Gasteiger partial charge in [0, 0.05) is 24.1 Å². The van der Waals surface area contributed by atoms with Crippen LogP contribution >= 0.6 is 15.9 Å². The second-order valence-electron chi connectivity index (χ2n) is 4.02. The molecular weight excluding hydrogens is 284 g/mol. The molecule has 2 rings (SSSR count). The Kier molecular flexibility index (Phi) is 4.02. The van der Waals surface area contributed by atoms with Gasteiger partial charge in [-0.3, -0.25) is 9.69 Å². The summed E-state index contributed by atoms with van der Waals surface area (Å²) in [7, 11) is 1.65. The number of methoxy groups -OCH3 is 1. The third kappa shape index (κ3) is 3.20. The molecule has 92 valence electrons. The van der Waals surface area contributed by atoms with Crippen molar-refractivity contribution < 1.29 is 9.53 Å². The summed E-state index contributed by atoms with van der Waals surface area (Å²) in [5.74, 6) is 0.930. The summed E-state index contributed by atoms with van der Waals surface area (Å²) in [5.41, 5.74) is 1.14. The number of piperazine rings is 1. The van der Waals surface area contributed by atoms with E-state index in [9.17, 15) is 4.79 Å². The summed E-state index contributed by atoms with van der Waals surface area (Å²) in [6, 6.07) is 5.88. The van der Waals surface area contributed by atoms with Crippen LogP contribution in [0.3, 0.4) is 0 Å². The predicted molar refractivity (Wildman–Crippen MR) is 69.0 cm³/mol. The van der Waals surface area contributed by atoms with Gasteiger partial charge in [-0.2, -0.15) is 0 Å². The first-order valence-electron chi connectivity index (χ1n) is 5.50. The Morgan fingerprint density at radius 3 is 3.06 bits per heavy atom. The lowest BCUT2D eigenvalue weighted by atomic mass is 10.2. The smallest absolute Gasteiger partial charge is 0.234 e. The van der Waals surface area contributed by atoms with Crippen LogP contribution in [0.25, 0.3) is 0 Å². The van der Waals surface area contributed by atoms with Gasteiger partial charge in [-0.15, -0.1) is 0 Å². The van der Waals surface area contributed by atoms with Crippen LogP contribution in [0.4, 0.5) is 0 Å². The Bertz CT molecular complexity index is 423. The van der Waals surface area contributed by atoms with E-state index in [4.69, 9.17) is 4.74 Å². The van der Waals surface area contributed by atoms with E-state index in [0.717, 1.165) is 35.4 Å². The van der Waals surface area contributed by atoms with E-state index in [1.807, 2.05) is 18.2 Å². The molecule has 1 N–H and O–H groups in total. The van der Waals surface area contributed by atoms with Gasteiger partial charge < -0.3 is 10.1 Å². The maximum atomic E-state index is 11.3. The summed E-state index contributed by atoms with van der Waals surface area (Å²) in [6.07, 6.45) is 0. The number of carbonyl (C=O) groups excluding carboxylic acids is 1. The first-order valence-corrected chi connectivity index (χ1v) is 6.30. The summed E-state index contributed by atoms with van der Waals surface area (Å²) >= 11 is 3.52. The number of ether oxygens (including phenoxy) is 1.